The fourth-order valence-corrected chi connectivity index (χ4v) is 3.25. The fourth-order valence-electron chi connectivity index (χ4n) is 1.74. The quantitative estimate of drug-likeness (QED) is 0.391. The molecule has 0 spiro atoms. The Morgan fingerprint density at radius 3 is 1.09 bits per heavy atom. The largest absolute Gasteiger partial charge is 0.314 e. The van der Waals surface area contributed by atoms with Crippen molar-refractivity contribution >= 4 is 20.2 Å². The van der Waals surface area contributed by atoms with E-state index in [1.165, 1.54) is 26.2 Å². The van der Waals surface area contributed by atoms with E-state index in [0.29, 0.717) is 0 Å². The Labute approximate surface area is 138 Å². The van der Waals surface area contributed by atoms with Gasteiger partial charge in [0.05, 0.1) is 0 Å². The summed E-state index contributed by atoms with van der Waals surface area (Å²) in [7, 11) is -4.93. The molecule has 0 amide bonds. The number of hydrogen-bond donors (Lipinski definition) is 4. The van der Waals surface area contributed by atoms with Crippen LogP contribution in [0.1, 0.15) is 0 Å². The molecular weight excluding hydrogens is 348 g/mol. The highest BCUT2D eigenvalue weighted by Gasteiger charge is 2.15. The maximum atomic E-state index is 9.66. The molecule has 140 valence electrons. The first-order valence-electron chi connectivity index (χ1n) is 7.18. The van der Waals surface area contributed by atoms with Crippen molar-refractivity contribution in [2.45, 2.75) is 0 Å². The summed E-state index contributed by atoms with van der Waals surface area (Å²) in [6.07, 6.45) is 0. The van der Waals surface area contributed by atoms with Crippen LogP contribution in [-0.4, -0.2) is 107 Å². The van der Waals surface area contributed by atoms with Crippen LogP contribution < -0.4 is 10.6 Å². The molecule has 12 heteroatoms. The summed E-state index contributed by atoms with van der Waals surface area (Å²) in [6, 6.07) is 0. The molecule has 0 aromatic rings. The van der Waals surface area contributed by atoms with E-state index in [0.717, 1.165) is 26.2 Å². The molecule has 0 aromatic heterocycles. The Morgan fingerprint density at radius 2 is 1.00 bits per heavy atom. The van der Waals surface area contributed by atoms with Crippen LogP contribution >= 0.6 is 0 Å². The van der Waals surface area contributed by atoms with Crippen LogP contribution in [-0.2, 0) is 20.2 Å². The van der Waals surface area contributed by atoms with Crippen LogP contribution in [0, 0.1) is 0 Å². The van der Waals surface area contributed by atoms with Gasteiger partial charge < -0.3 is 20.4 Å². The molecule has 2 heterocycles. The van der Waals surface area contributed by atoms with Crippen LogP contribution in [0.5, 0.6) is 0 Å². The van der Waals surface area contributed by atoms with Crippen LogP contribution in [0.3, 0.4) is 0 Å². The highest BCUT2D eigenvalue weighted by Crippen LogP contribution is 1.88. The summed E-state index contributed by atoms with van der Waals surface area (Å²) >= 11 is 0. The van der Waals surface area contributed by atoms with E-state index in [4.69, 9.17) is 9.11 Å². The van der Waals surface area contributed by atoms with Crippen molar-refractivity contribution in [3.8, 4) is 0 Å². The summed E-state index contributed by atoms with van der Waals surface area (Å²) in [6.45, 7) is 9.49. The molecule has 2 rings (SSSR count). The van der Waals surface area contributed by atoms with Crippen molar-refractivity contribution in [1.29, 1.82) is 0 Å². The molecule has 2 fully saturated rings. The lowest BCUT2D eigenvalue weighted by Crippen LogP contribution is -2.40. The lowest BCUT2D eigenvalue weighted by atomic mass is 10.4. The Kier molecular flexibility index (Phi) is 11.1. The van der Waals surface area contributed by atoms with Gasteiger partial charge in [0, 0.05) is 52.4 Å². The first kappa shape index (κ1) is 22.7. The summed E-state index contributed by atoms with van der Waals surface area (Å²) in [5, 5.41) is 4.89. The van der Waals surface area contributed by atoms with Crippen LogP contribution in [0.2, 0.25) is 0 Å². The first-order valence-corrected chi connectivity index (χ1v) is 10.4. The monoisotopic (exact) mass is 376 g/mol. The van der Waals surface area contributed by atoms with Crippen LogP contribution in [0.15, 0.2) is 0 Å². The lowest BCUT2D eigenvalue weighted by Gasteiger charge is -2.21. The summed E-state index contributed by atoms with van der Waals surface area (Å²) in [5.74, 6) is 0. The van der Waals surface area contributed by atoms with Crippen molar-refractivity contribution in [3.63, 3.8) is 0 Å². The zero-order valence-corrected chi connectivity index (χ0v) is 15.2. The maximum absolute atomic E-state index is 9.66. The van der Waals surface area contributed by atoms with Gasteiger partial charge >= 0.3 is 0 Å². The molecule has 4 N–H and O–H groups in total. The smallest absolute Gasteiger partial charge is 0.281 e. The molecule has 0 bridgehead atoms. The highest BCUT2D eigenvalue weighted by atomic mass is 32.3. The van der Waals surface area contributed by atoms with E-state index in [1.54, 1.807) is 0 Å². The average Bonchev–Trinajstić information content (AvgIpc) is 2.37. The third-order valence-electron chi connectivity index (χ3n) is 2.98. The summed E-state index contributed by atoms with van der Waals surface area (Å²) < 4.78 is 54.2. The standard InChI is InChI=1S/2C5H12N2.CH4O6S2/c2*1-7-4-2-6-3-5-7;2-8(3,4)1-9(5,6)7/h2*6H,2-5H2,1H3;1H2,(H,2,3,4)(H,5,6,7). The van der Waals surface area contributed by atoms with Gasteiger partial charge in [-0.1, -0.05) is 0 Å². The predicted octanol–water partition coefficient (Wildman–Crippen LogP) is -2.24. The zero-order chi connectivity index (χ0) is 17.9. The minimum absolute atomic E-state index is 1.16. The normalized spacial score (nSPS) is 20.7. The van der Waals surface area contributed by atoms with E-state index in [-0.39, 0.29) is 0 Å². The second-order valence-electron chi connectivity index (χ2n) is 5.39. The van der Waals surface area contributed by atoms with Gasteiger partial charge in [-0.15, -0.1) is 0 Å². The molecule has 0 saturated carbocycles. The van der Waals surface area contributed by atoms with E-state index in [1.807, 2.05) is 0 Å². The van der Waals surface area contributed by atoms with Gasteiger partial charge in [-0.25, -0.2) is 0 Å². The van der Waals surface area contributed by atoms with E-state index >= 15 is 0 Å². The van der Waals surface area contributed by atoms with Gasteiger partial charge in [0.1, 0.15) is 0 Å². The third-order valence-corrected chi connectivity index (χ3v) is 5.36. The van der Waals surface area contributed by atoms with Gasteiger partial charge in [-0.05, 0) is 14.1 Å². The van der Waals surface area contributed by atoms with E-state index in [2.05, 4.69) is 34.5 Å². The van der Waals surface area contributed by atoms with Crippen molar-refractivity contribution in [2.24, 2.45) is 0 Å². The molecule has 0 atom stereocenters. The van der Waals surface area contributed by atoms with Crippen molar-refractivity contribution in [1.82, 2.24) is 20.4 Å². The Hall–Kier alpha value is -0.340. The van der Waals surface area contributed by atoms with E-state index in [9.17, 15) is 16.8 Å². The molecule has 2 aliphatic rings. The number of piperazine rings is 2. The fraction of sp³-hybridized carbons (Fsp3) is 1.00. The van der Waals surface area contributed by atoms with E-state index < -0.39 is 25.3 Å². The minimum atomic E-state index is -4.62. The minimum Gasteiger partial charge on any atom is -0.314 e. The predicted molar refractivity (Wildman–Crippen MR) is 88.7 cm³/mol. The van der Waals surface area contributed by atoms with Gasteiger partial charge in [0.25, 0.3) is 20.2 Å². The molecule has 0 aliphatic carbocycles. The Balaban J connectivity index is 0.000000318. The molecule has 10 nitrogen and oxygen atoms in total. The second-order valence-corrected chi connectivity index (χ2v) is 8.66. The lowest BCUT2D eigenvalue weighted by molar-refractivity contribution is 0.291. The summed E-state index contributed by atoms with van der Waals surface area (Å²) in [5.41, 5.74) is 0. The van der Waals surface area contributed by atoms with Crippen molar-refractivity contribution < 1.29 is 25.9 Å². The molecule has 23 heavy (non-hydrogen) atoms. The Bertz CT molecular complexity index is 453. The number of hydrogen-bond acceptors (Lipinski definition) is 8. The topological polar surface area (TPSA) is 139 Å². The van der Waals surface area contributed by atoms with Gasteiger partial charge in [-0.2, -0.15) is 16.8 Å². The highest BCUT2D eigenvalue weighted by molar-refractivity contribution is 8.02. The third kappa shape index (κ3) is 17.8. The zero-order valence-electron chi connectivity index (χ0n) is 13.6. The molecule has 2 saturated heterocycles. The van der Waals surface area contributed by atoms with Gasteiger partial charge in [0.15, 0.2) is 0 Å². The molecular formula is C11H28N4O6S2. The van der Waals surface area contributed by atoms with Crippen molar-refractivity contribution in [2.75, 3.05) is 71.5 Å². The maximum Gasteiger partial charge on any atom is 0.281 e. The Morgan fingerprint density at radius 1 is 0.739 bits per heavy atom. The second kappa shape index (κ2) is 11.3. The number of nitrogens with one attached hydrogen (secondary N) is 2. The number of rotatable bonds is 2. The van der Waals surface area contributed by atoms with Crippen molar-refractivity contribution in [3.05, 3.63) is 0 Å². The molecule has 0 radical (unpaired) electrons. The average molecular weight is 377 g/mol. The summed E-state index contributed by atoms with van der Waals surface area (Å²) in [4.78, 5) is 4.66. The van der Waals surface area contributed by atoms with Crippen LogP contribution in [0.4, 0.5) is 0 Å². The van der Waals surface area contributed by atoms with Crippen LogP contribution in [0.25, 0.3) is 0 Å². The molecule has 0 aromatic carbocycles. The van der Waals surface area contributed by atoms with Gasteiger partial charge in [0.2, 0.25) is 5.08 Å². The molecule has 2 aliphatic heterocycles. The number of likely N-dealkylation sites (N-methyl/N-ethyl adjacent to an activating group) is 2. The molecule has 0 unspecified atom stereocenters. The first-order chi connectivity index (χ1) is 10.5. The number of nitrogens with zero attached hydrogens (tertiary/aromatic N) is 2. The SMILES string of the molecule is CN1CCNCC1.CN1CCNCC1.O=S(=O)(O)CS(=O)(=O)O. The van der Waals surface area contributed by atoms with Gasteiger partial charge in [-0.3, -0.25) is 9.11 Å².